The first-order chi connectivity index (χ1) is 18.5. The molecule has 0 aliphatic carbocycles. The van der Waals surface area contributed by atoms with Crippen LogP contribution in [0.25, 0.3) is 0 Å². The van der Waals surface area contributed by atoms with Crippen molar-refractivity contribution in [2.45, 2.75) is 60.3 Å². The molecule has 2 nitrogen and oxygen atoms in total. The van der Waals surface area contributed by atoms with Crippen LogP contribution in [0.3, 0.4) is 0 Å². The van der Waals surface area contributed by atoms with Gasteiger partial charge in [0, 0.05) is 35.3 Å². The third-order valence-electron chi connectivity index (χ3n) is 6.62. The first kappa shape index (κ1) is 29.2. The van der Waals surface area contributed by atoms with Gasteiger partial charge in [-0.1, -0.05) is 56.3 Å². The summed E-state index contributed by atoms with van der Waals surface area (Å²) in [5.74, 6) is 19.5. The number of hydrogen-bond donors (Lipinski definition) is 1. The second-order valence-corrected chi connectivity index (χ2v) is 10.8. The van der Waals surface area contributed by atoms with E-state index in [4.69, 9.17) is 17.6 Å². The lowest BCUT2D eigenvalue weighted by atomic mass is 9.84. The molecule has 2 heteroatoms. The Morgan fingerprint density at radius 2 is 1.03 bits per heavy atom. The van der Waals surface area contributed by atoms with E-state index >= 15 is 0 Å². The van der Waals surface area contributed by atoms with Crippen LogP contribution in [-0.4, -0.2) is 18.3 Å². The van der Waals surface area contributed by atoms with Gasteiger partial charge in [-0.2, -0.15) is 0 Å². The van der Waals surface area contributed by atoms with Crippen molar-refractivity contribution in [3.63, 3.8) is 0 Å². The predicted molar refractivity (Wildman–Crippen MR) is 162 cm³/mol. The minimum atomic E-state index is -0.127. The van der Waals surface area contributed by atoms with E-state index in [1.165, 1.54) is 0 Å². The van der Waals surface area contributed by atoms with E-state index in [-0.39, 0.29) is 12.0 Å². The Balaban J connectivity index is 2.24. The molecule has 0 aliphatic rings. The smallest absolute Gasteiger partial charge is 0.150 e. The molecule has 0 radical (unpaired) electrons. The van der Waals surface area contributed by atoms with Crippen LogP contribution >= 0.6 is 0 Å². The van der Waals surface area contributed by atoms with E-state index < -0.39 is 0 Å². The number of aliphatic hydroxyl groups is 1. The van der Waals surface area contributed by atoms with Crippen molar-refractivity contribution in [1.82, 2.24) is 0 Å². The Bertz CT molecular complexity index is 1500. The molecule has 0 saturated heterocycles. The van der Waals surface area contributed by atoms with Crippen molar-refractivity contribution in [2.24, 2.45) is 0 Å². The normalized spacial score (nSPS) is 10.4. The molecule has 0 aromatic heterocycles. The van der Waals surface area contributed by atoms with Crippen molar-refractivity contribution < 1.29 is 9.84 Å². The van der Waals surface area contributed by atoms with Gasteiger partial charge in [0.1, 0.15) is 0 Å². The summed E-state index contributed by atoms with van der Waals surface area (Å²) in [5.41, 5.74) is 10.2. The first-order valence-electron chi connectivity index (χ1n) is 13.1. The van der Waals surface area contributed by atoms with Crippen molar-refractivity contribution >= 4 is 0 Å². The maximum absolute atomic E-state index is 9.37. The number of hydrogen-bond acceptors (Lipinski definition) is 2. The number of rotatable bonds is 4. The lowest BCUT2D eigenvalue weighted by Crippen LogP contribution is -2.13. The lowest BCUT2D eigenvalue weighted by molar-refractivity contribution is 0.233. The van der Waals surface area contributed by atoms with Crippen LogP contribution in [0.1, 0.15) is 88.4 Å². The number of aliphatic hydroxyl groups excluding tert-OH is 1. The Labute approximate surface area is 234 Å². The Kier molecular flexibility index (Phi) is 9.34. The summed E-state index contributed by atoms with van der Waals surface area (Å²) < 4.78 is 6.22. The van der Waals surface area contributed by atoms with Gasteiger partial charge in [0.25, 0.3) is 0 Å². The third-order valence-corrected chi connectivity index (χ3v) is 6.62. The highest BCUT2D eigenvalue weighted by molar-refractivity contribution is 5.63. The zero-order chi connectivity index (χ0) is 28.7. The van der Waals surface area contributed by atoms with Gasteiger partial charge in [0.15, 0.2) is 5.75 Å². The van der Waals surface area contributed by atoms with Crippen LogP contribution in [-0.2, 0) is 5.41 Å². The van der Waals surface area contributed by atoms with Crippen LogP contribution in [0, 0.1) is 76.1 Å². The highest BCUT2D eigenvalue weighted by Crippen LogP contribution is 2.32. The SMILES string of the molecule is C#Cc1cc(C)c(C#Cc2cc(C(C)(C)C)cc(C#Cc3cc(C)c(C#C)cc3C)c2OCCCO)cc1C. The summed E-state index contributed by atoms with van der Waals surface area (Å²) in [7, 11) is 0. The first-order valence-corrected chi connectivity index (χ1v) is 13.1. The van der Waals surface area contributed by atoms with Gasteiger partial charge in [0.2, 0.25) is 0 Å². The Morgan fingerprint density at radius 1 is 0.641 bits per heavy atom. The molecule has 196 valence electrons. The minimum Gasteiger partial charge on any atom is -0.491 e. The highest BCUT2D eigenvalue weighted by Gasteiger charge is 2.19. The van der Waals surface area contributed by atoms with Gasteiger partial charge in [-0.15, -0.1) is 12.8 Å². The molecule has 0 bridgehead atoms. The van der Waals surface area contributed by atoms with E-state index in [0.29, 0.717) is 18.8 Å². The summed E-state index contributed by atoms with van der Waals surface area (Å²) in [4.78, 5) is 0. The topological polar surface area (TPSA) is 29.5 Å². The van der Waals surface area contributed by atoms with Crippen molar-refractivity contribution in [3.8, 4) is 54.1 Å². The van der Waals surface area contributed by atoms with Gasteiger partial charge < -0.3 is 9.84 Å². The van der Waals surface area contributed by atoms with Crippen molar-refractivity contribution in [3.05, 3.63) is 97.6 Å². The average molecular weight is 513 g/mol. The lowest BCUT2D eigenvalue weighted by Gasteiger charge is -2.21. The molecule has 0 aliphatic heterocycles. The largest absolute Gasteiger partial charge is 0.491 e. The summed E-state index contributed by atoms with van der Waals surface area (Å²) in [6, 6.07) is 12.2. The molecular formula is C37H36O2. The molecule has 0 amide bonds. The molecule has 3 aromatic rings. The number of terminal acetylenes is 2. The molecule has 1 N–H and O–H groups in total. The van der Waals surface area contributed by atoms with Crippen LogP contribution in [0.4, 0.5) is 0 Å². The van der Waals surface area contributed by atoms with Gasteiger partial charge in [-0.05, 0) is 97.3 Å². The molecule has 39 heavy (non-hydrogen) atoms. The van der Waals surface area contributed by atoms with E-state index in [9.17, 15) is 5.11 Å². The summed E-state index contributed by atoms with van der Waals surface area (Å²) in [5, 5.41) is 9.37. The molecule has 0 unspecified atom stereocenters. The second kappa shape index (κ2) is 12.5. The van der Waals surface area contributed by atoms with Crippen molar-refractivity contribution in [2.75, 3.05) is 13.2 Å². The highest BCUT2D eigenvalue weighted by atomic mass is 16.5. The third kappa shape index (κ3) is 7.16. The molecule has 0 spiro atoms. The van der Waals surface area contributed by atoms with Crippen LogP contribution in [0.5, 0.6) is 5.75 Å². The Hall–Kier alpha value is -4.34. The molecule has 3 aromatic carbocycles. The van der Waals surface area contributed by atoms with Gasteiger partial charge in [-0.3, -0.25) is 0 Å². The van der Waals surface area contributed by atoms with E-state index in [1.807, 2.05) is 52.0 Å². The Morgan fingerprint density at radius 3 is 1.41 bits per heavy atom. The van der Waals surface area contributed by atoms with E-state index in [2.05, 4.69) is 68.4 Å². The fourth-order valence-electron chi connectivity index (χ4n) is 4.12. The van der Waals surface area contributed by atoms with Crippen molar-refractivity contribution in [1.29, 1.82) is 0 Å². The minimum absolute atomic E-state index is 0.0437. The maximum Gasteiger partial charge on any atom is 0.150 e. The van der Waals surface area contributed by atoms with Crippen LogP contribution in [0.2, 0.25) is 0 Å². The molecule has 0 fully saturated rings. The summed E-state index contributed by atoms with van der Waals surface area (Å²) in [6.07, 6.45) is 11.8. The summed E-state index contributed by atoms with van der Waals surface area (Å²) in [6.45, 7) is 14.9. The second-order valence-electron chi connectivity index (χ2n) is 10.8. The number of aryl methyl sites for hydroxylation is 4. The van der Waals surface area contributed by atoms with Crippen LogP contribution < -0.4 is 4.74 Å². The molecule has 0 saturated carbocycles. The monoisotopic (exact) mass is 512 g/mol. The molecule has 0 heterocycles. The maximum atomic E-state index is 9.37. The number of benzene rings is 3. The van der Waals surface area contributed by atoms with E-state index in [0.717, 1.165) is 61.2 Å². The summed E-state index contributed by atoms with van der Waals surface area (Å²) >= 11 is 0. The fourth-order valence-corrected chi connectivity index (χ4v) is 4.12. The fraction of sp³-hybridized carbons (Fsp3) is 0.297. The average Bonchev–Trinajstić information content (AvgIpc) is 2.89. The molecule has 0 atom stereocenters. The van der Waals surface area contributed by atoms with Crippen LogP contribution in [0.15, 0.2) is 36.4 Å². The standard InChI is InChI=1S/C37H36O2/c1-10-29-19-27(5)31(21-25(29)3)13-15-33-23-35(37(7,8)9)24-34(36(33)39-18-12-17-38)16-14-32-22-26(4)30(11-2)20-28(32)6/h1-2,19-24,38H,12,17-18H2,3-9H3. The molecule has 3 rings (SSSR count). The quantitative estimate of drug-likeness (QED) is 0.310. The number of ether oxygens (including phenoxy) is 1. The zero-order valence-corrected chi connectivity index (χ0v) is 24.1. The van der Waals surface area contributed by atoms with Gasteiger partial charge >= 0.3 is 0 Å². The molecular weight excluding hydrogens is 476 g/mol. The zero-order valence-electron chi connectivity index (χ0n) is 24.1. The van der Waals surface area contributed by atoms with Gasteiger partial charge in [0.05, 0.1) is 17.7 Å². The van der Waals surface area contributed by atoms with Gasteiger partial charge in [-0.25, -0.2) is 0 Å². The van der Waals surface area contributed by atoms with E-state index in [1.54, 1.807) is 0 Å². The predicted octanol–water partition coefficient (Wildman–Crippen LogP) is 6.74.